The lowest BCUT2D eigenvalue weighted by atomic mass is 9.90. The van der Waals surface area contributed by atoms with Crippen molar-refractivity contribution in [3.05, 3.63) is 83.2 Å². The minimum Gasteiger partial charge on any atom is -0.420 e. The molecule has 0 amide bonds. The molecule has 1 aliphatic carbocycles. The van der Waals surface area contributed by atoms with Crippen molar-refractivity contribution in [2.45, 2.75) is 17.7 Å². The second-order valence-corrected chi connectivity index (χ2v) is 6.90. The number of hydrogen-bond acceptors (Lipinski definition) is 2. The van der Waals surface area contributed by atoms with Crippen molar-refractivity contribution in [3.63, 3.8) is 0 Å². The third-order valence-corrected chi connectivity index (χ3v) is 4.57. The minimum absolute atomic E-state index is 0.196. The van der Waals surface area contributed by atoms with E-state index in [0.717, 1.165) is 11.1 Å². The Bertz CT molecular complexity index is 959. The summed E-state index contributed by atoms with van der Waals surface area (Å²) in [6.45, 7) is 0. The fourth-order valence-corrected chi connectivity index (χ4v) is 2.94. The molecule has 0 saturated heterocycles. The van der Waals surface area contributed by atoms with Gasteiger partial charge in [0.2, 0.25) is 34.8 Å². The van der Waals surface area contributed by atoms with E-state index in [0.29, 0.717) is 0 Å². The summed E-state index contributed by atoms with van der Waals surface area (Å²) in [5.74, 6) is -14.1. The Balaban J connectivity index is 1.73. The summed E-state index contributed by atoms with van der Waals surface area (Å²) in [6, 6.07) is 9.34. The topological polar surface area (TPSA) is 26.3 Å². The summed E-state index contributed by atoms with van der Waals surface area (Å²) in [4.78, 5) is 10.8. The van der Waals surface area contributed by atoms with Crippen molar-refractivity contribution in [2.75, 3.05) is 0 Å². The number of esters is 1. The third-order valence-electron chi connectivity index (χ3n) is 4.15. The molecule has 8 heteroatoms. The average Bonchev–Trinajstić information content (AvgIpc) is 2.69. The van der Waals surface area contributed by atoms with Crippen LogP contribution < -0.4 is 4.74 Å². The Morgan fingerprint density at radius 3 is 2.07 bits per heavy atom. The van der Waals surface area contributed by atoms with E-state index in [2.05, 4.69) is 4.74 Å². The average molecular weight is 415 g/mol. The molecule has 0 bridgehead atoms. The van der Waals surface area contributed by atoms with Crippen molar-refractivity contribution in [1.82, 2.24) is 0 Å². The Hall–Kier alpha value is -2.67. The van der Waals surface area contributed by atoms with Crippen LogP contribution in [0.3, 0.4) is 0 Å². The molecule has 2 aromatic carbocycles. The molecule has 146 valence electrons. The van der Waals surface area contributed by atoms with Crippen LogP contribution in [-0.4, -0.2) is 10.8 Å². The monoisotopic (exact) mass is 414 g/mol. The molecule has 1 atom stereocenters. The van der Waals surface area contributed by atoms with E-state index in [1.54, 1.807) is 12.2 Å². The smallest absolute Gasteiger partial charge is 0.313 e. The summed E-state index contributed by atoms with van der Waals surface area (Å²) in [5.41, 5.74) is 1.80. The summed E-state index contributed by atoms with van der Waals surface area (Å²) in [7, 11) is 0. The predicted octanol–water partition coefficient (Wildman–Crippen LogP) is 5.70. The minimum atomic E-state index is -2.34. The number of ether oxygens (including phenoxy) is 1. The van der Waals surface area contributed by atoms with Crippen molar-refractivity contribution in [1.29, 1.82) is 0 Å². The first-order valence-corrected chi connectivity index (χ1v) is 8.45. The molecule has 0 fully saturated rings. The molecule has 1 unspecified atom stereocenters. The van der Waals surface area contributed by atoms with Gasteiger partial charge < -0.3 is 4.74 Å². The van der Waals surface area contributed by atoms with Gasteiger partial charge in [-0.05, 0) is 17.6 Å². The zero-order chi connectivity index (χ0) is 20.5. The zero-order valence-electron chi connectivity index (χ0n) is 14.1. The SMILES string of the molecule is O=C(CC1(Cl)C=CC(c2ccccc2)=CC1)Oc1c(F)c(F)c(F)c(F)c1F. The molecule has 3 rings (SSSR count). The van der Waals surface area contributed by atoms with Gasteiger partial charge in [-0.3, -0.25) is 4.79 Å². The van der Waals surface area contributed by atoms with Gasteiger partial charge in [-0.25, -0.2) is 13.2 Å². The second kappa shape index (κ2) is 7.75. The van der Waals surface area contributed by atoms with Crippen molar-refractivity contribution >= 4 is 23.1 Å². The van der Waals surface area contributed by atoms with Gasteiger partial charge in [0.05, 0.1) is 11.3 Å². The van der Waals surface area contributed by atoms with Gasteiger partial charge >= 0.3 is 5.97 Å². The highest BCUT2D eigenvalue weighted by atomic mass is 35.5. The quantitative estimate of drug-likeness (QED) is 0.160. The number of allylic oxidation sites excluding steroid dienone is 4. The highest BCUT2D eigenvalue weighted by Gasteiger charge is 2.33. The van der Waals surface area contributed by atoms with Gasteiger partial charge in [-0.15, -0.1) is 11.6 Å². The molecule has 0 aromatic heterocycles. The largest absolute Gasteiger partial charge is 0.420 e. The lowest BCUT2D eigenvalue weighted by molar-refractivity contribution is -0.135. The summed E-state index contributed by atoms with van der Waals surface area (Å²) < 4.78 is 71.1. The van der Waals surface area contributed by atoms with Crippen LogP contribution in [0.1, 0.15) is 18.4 Å². The zero-order valence-corrected chi connectivity index (χ0v) is 14.9. The van der Waals surface area contributed by atoms with Gasteiger partial charge in [-0.1, -0.05) is 48.6 Å². The van der Waals surface area contributed by atoms with Crippen LogP contribution in [0.4, 0.5) is 22.0 Å². The maximum atomic E-state index is 13.6. The fraction of sp³-hybridized carbons (Fsp3) is 0.150. The second-order valence-electron chi connectivity index (χ2n) is 6.15. The molecule has 2 nitrogen and oxygen atoms in total. The molecule has 0 aliphatic heterocycles. The lowest BCUT2D eigenvalue weighted by Crippen LogP contribution is -2.27. The Morgan fingerprint density at radius 2 is 1.54 bits per heavy atom. The maximum Gasteiger partial charge on any atom is 0.313 e. The fourth-order valence-electron chi connectivity index (χ4n) is 2.69. The number of alkyl halides is 1. The molecule has 0 saturated carbocycles. The summed E-state index contributed by atoms with van der Waals surface area (Å²) in [5, 5.41) is 0. The van der Waals surface area contributed by atoms with E-state index in [4.69, 9.17) is 11.6 Å². The van der Waals surface area contributed by atoms with Crippen molar-refractivity contribution in [3.8, 4) is 5.75 Å². The Labute approximate surface area is 161 Å². The number of carbonyl (C=O) groups excluding carboxylic acids is 1. The first kappa shape index (κ1) is 20.1. The van der Waals surface area contributed by atoms with Gasteiger partial charge in [0.25, 0.3) is 0 Å². The number of halogens is 6. The third kappa shape index (κ3) is 3.94. The van der Waals surface area contributed by atoms with Gasteiger partial charge in [0.15, 0.2) is 0 Å². The van der Waals surface area contributed by atoms with E-state index in [-0.39, 0.29) is 6.42 Å². The maximum absolute atomic E-state index is 13.6. The van der Waals surface area contributed by atoms with Gasteiger partial charge in [0, 0.05) is 0 Å². The standard InChI is InChI=1S/C20H12ClF5O2/c21-20(8-6-12(7-9-20)11-4-2-1-3-5-11)10-13(27)28-19-17(25)15(23)14(22)16(24)18(19)26/h1-8H,9-10H2. The molecule has 2 aromatic rings. The number of carbonyl (C=O) groups is 1. The highest BCUT2D eigenvalue weighted by Crippen LogP contribution is 2.35. The number of rotatable bonds is 4. The van der Waals surface area contributed by atoms with Gasteiger partial charge in [-0.2, -0.15) is 8.78 Å². The van der Waals surface area contributed by atoms with Crippen LogP contribution in [0.15, 0.2) is 48.6 Å². The number of hydrogen-bond donors (Lipinski definition) is 0. The molecule has 1 aliphatic rings. The van der Waals surface area contributed by atoms with E-state index in [1.165, 1.54) is 6.08 Å². The van der Waals surface area contributed by atoms with E-state index in [9.17, 15) is 26.7 Å². The van der Waals surface area contributed by atoms with Crippen LogP contribution in [-0.2, 0) is 4.79 Å². The summed E-state index contributed by atoms with van der Waals surface area (Å²) in [6.07, 6.45) is 4.63. The molecule has 0 spiro atoms. The Kier molecular flexibility index (Phi) is 5.56. The van der Waals surface area contributed by atoms with E-state index in [1.807, 2.05) is 30.3 Å². The van der Waals surface area contributed by atoms with Crippen LogP contribution in [0.25, 0.3) is 5.57 Å². The Morgan fingerprint density at radius 1 is 0.964 bits per heavy atom. The first-order chi connectivity index (χ1) is 13.2. The number of benzene rings is 2. The molecular formula is C20H12ClF5O2. The first-order valence-electron chi connectivity index (χ1n) is 8.08. The van der Waals surface area contributed by atoms with Crippen LogP contribution in [0.2, 0.25) is 0 Å². The van der Waals surface area contributed by atoms with Crippen molar-refractivity contribution < 1.29 is 31.5 Å². The van der Waals surface area contributed by atoms with Gasteiger partial charge in [0.1, 0.15) is 0 Å². The highest BCUT2D eigenvalue weighted by molar-refractivity contribution is 6.26. The van der Waals surface area contributed by atoms with Crippen LogP contribution >= 0.6 is 11.6 Å². The molecule has 28 heavy (non-hydrogen) atoms. The van der Waals surface area contributed by atoms with E-state index >= 15 is 0 Å². The van der Waals surface area contributed by atoms with Crippen molar-refractivity contribution in [2.24, 2.45) is 0 Å². The molecular weight excluding hydrogens is 403 g/mol. The normalized spacial score (nSPS) is 18.7. The van der Waals surface area contributed by atoms with Crippen LogP contribution in [0.5, 0.6) is 5.75 Å². The lowest BCUT2D eigenvalue weighted by Gasteiger charge is -2.24. The van der Waals surface area contributed by atoms with E-state index < -0.39 is 52.1 Å². The molecule has 0 heterocycles. The molecule has 0 N–H and O–H groups in total. The van der Waals surface area contributed by atoms with Crippen LogP contribution in [0, 0.1) is 29.1 Å². The molecule has 0 radical (unpaired) electrons. The summed E-state index contributed by atoms with van der Waals surface area (Å²) >= 11 is 6.33. The predicted molar refractivity (Wildman–Crippen MR) is 93.2 cm³/mol.